The SMILES string of the molecule is O=C(CCc1cc2ccccc2[nH]c1=O)Nc1cccc(Cl)c1Cl. The molecule has 6 heteroatoms. The van der Waals surface area contributed by atoms with Crippen molar-refractivity contribution in [1.29, 1.82) is 0 Å². The van der Waals surface area contributed by atoms with Crippen molar-refractivity contribution >= 4 is 45.7 Å². The number of pyridine rings is 1. The second-order valence-corrected chi connectivity index (χ2v) is 6.15. The van der Waals surface area contributed by atoms with Crippen molar-refractivity contribution in [2.24, 2.45) is 0 Å². The fraction of sp³-hybridized carbons (Fsp3) is 0.111. The molecule has 122 valence electrons. The number of anilines is 1. The third kappa shape index (κ3) is 3.61. The van der Waals surface area contributed by atoms with Gasteiger partial charge < -0.3 is 10.3 Å². The van der Waals surface area contributed by atoms with Gasteiger partial charge in [-0.2, -0.15) is 0 Å². The minimum absolute atomic E-state index is 0.171. The molecule has 0 fully saturated rings. The molecule has 1 aromatic heterocycles. The molecule has 0 bridgehead atoms. The summed E-state index contributed by atoms with van der Waals surface area (Å²) in [7, 11) is 0. The lowest BCUT2D eigenvalue weighted by molar-refractivity contribution is -0.116. The Morgan fingerprint density at radius 1 is 1.08 bits per heavy atom. The molecule has 1 heterocycles. The number of hydrogen-bond donors (Lipinski definition) is 2. The Balaban J connectivity index is 1.71. The lowest BCUT2D eigenvalue weighted by Crippen LogP contribution is -2.17. The highest BCUT2D eigenvalue weighted by molar-refractivity contribution is 6.43. The molecule has 3 rings (SSSR count). The summed E-state index contributed by atoms with van der Waals surface area (Å²) < 4.78 is 0. The molecule has 0 spiro atoms. The Morgan fingerprint density at radius 2 is 1.88 bits per heavy atom. The predicted molar refractivity (Wildman–Crippen MR) is 98.0 cm³/mol. The van der Waals surface area contributed by atoms with Crippen LogP contribution in [0.15, 0.2) is 53.3 Å². The van der Waals surface area contributed by atoms with Gasteiger partial charge in [-0.1, -0.05) is 47.5 Å². The van der Waals surface area contributed by atoms with E-state index in [0.717, 1.165) is 10.9 Å². The smallest absolute Gasteiger partial charge is 0.251 e. The fourth-order valence-electron chi connectivity index (χ4n) is 2.44. The van der Waals surface area contributed by atoms with Gasteiger partial charge in [-0.05, 0) is 36.1 Å². The van der Waals surface area contributed by atoms with Gasteiger partial charge >= 0.3 is 0 Å². The highest BCUT2D eigenvalue weighted by Gasteiger charge is 2.10. The van der Waals surface area contributed by atoms with Crippen LogP contribution in [-0.4, -0.2) is 10.9 Å². The predicted octanol–water partition coefficient (Wildman–Crippen LogP) is 4.41. The number of rotatable bonds is 4. The number of carbonyl (C=O) groups is 1. The minimum Gasteiger partial charge on any atom is -0.325 e. The molecule has 2 N–H and O–H groups in total. The lowest BCUT2D eigenvalue weighted by Gasteiger charge is -2.08. The number of H-pyrrole nitrogens is 1. The van der Waals surface area contributed by atoms with Crippen LogP contribution < -0.4 is 10.9 Å². The first-order valence-electron chi connectivity index (χ1n) is 7.39. The summed E-state index contributed by atoms with van der Waals surface area (Å²) in [4.78, 5) is 27.0. The van der Waals surface area contributed by atoms with E-state index >= 15 is 0 Å². The molecule has 3 aromatic rings. The molecule has 24 heavy (non-hydrogen) atoms. The van der Waals surface area contributed by atoms with Crippen LogP contribution in [0.2, 0.25) is 10.0 Å². The van der Waals surface area contributed by atoms with E-state index < -0.39 is 0 Å². The summed E-state index contributed by atoms with van der Waals surface area (Å²) >= 11 is 12.0. The van der Waals surface area contributed by atoms with E-state index in [1.165, 1.54) is 0 Å². The standard InChI is InChI=1S/C18H14Cl2N2O2/c19-13-5-3-7-15(17(13)20)21-16(23)9-8-12-10-11-4-1-2-6-14(11)22-18(12)24/h1-7,10H,8-9H2,(H,21,23)(H,22,24). The van der Waals surface area contributed by atoms with E-state index in [4.69, 9.17) is 23.2 Å². The van der Waals surface area contributed by atoms with Crippen molar-refractivity contribution in [2.75, 3.05) is 5.32 Å². The van der Waals surface area contributed by atoms with E-state index in [9.17, 15) is 9.59 Å². The van der Waals surface area contributed by atoms with Crippen LogP contribution in [0.1, 0.15) is 12.0 Å². The number of amides is 1. The fourth-order valence-corrected chi connectivity index (χ4v) is 2.79. The van der Waals surface area contributed by atoms with E-state index in [0.29, 0.717) is 27.7 Å². The van der Waals surface area contributed by atoms with Crippen LogP contribution >= 0.6 is 23.2 Å². The second-order valence-electron chi connectivity index (χ2n) is 5.36. The third-order valence-electron chi connectivity index (χ3n) is 3.68. The number of carbonyl (C=O) groups excluding carboxylic acids is 1. The normalized spacial score (nSPS) is 10.8. The van der Waals surface area contributed by atoms with Crippen LogP contribution in [0.5, 0.6) is 0 Å². The molecule has 0 unspecified atom stereocenters. The van der Waals surface area contributed by atoms with Gasteiger partial charge in [0.15, 0.2) is 0 Å². The Kier molecular flexibility index (Phi) is 4.88. The van der Waals surface area contributed by atoms with Crippen molar-refractivity contribution in [3.05, 3.63) is 74.5 Å². The van der Waals surface area contributed by atoms with Crippen molar-refractivity contribution < 1.29 is 4.79 Å². The number of para-hydroxylation sites is 1. The van der Waals surface area contributed by atoms with Crippen LogP contribution in [-0.2, 0) is 11.2 Å². The Hall–Kier alpha value is -2.30. The summed E-state index contributed by atoms with van der Waals surface area (Å²) in [6.07, 6.45) is 0.508. The molecule has 0 aliphatic rings. The van der Waals surface area contributed by atoms with Gasteiger partial charge in [0.2, 0.25) is 5.91 Å². The van der Waals surface area contributed by atoms with Gasteiger partial charge in [0.1, 0.15) is 0 Å². The Bertz CT molecular complexity index is 967. The van der Waals surface area contributed by atoms with Crippen molar-refractivity contribution in [3.63, 3.8) is 0 Å². The number of benzene rings is 2. The zero-order valence-corrected chi connectivity index (χ0v) is 14.1. The average Bonchev–Trinajstić information content (AvgIpc) is 2.57. The van der Waals surface area contributed by atoms with Crippen molar-refractivity contribution in [1.82, 2.24) is 4.98 Å². The zero-order chi connectivity index (χ0) is 17.1. The van der Waals surface area contributed by atoms with E-state index in [1.807, 2.05) is 30.3 Å². The number of hydrogen-bond acceptors (Lipinski definition) is 2. The molecule has 0 radical (unpaired) electrons. The number of fused-ring (bicyclic) bond motifs is 1. The van der Waals surface area contributed by atoms with E-state index in [2.05, 4.69) is 10.3 Å². The maximum atomic E-state index is 12.1. The van der Waals surface area contributed by atoms with Crippen LogP contribution in [0, 0.1) is 0 Å². The van der Waals surface area contributed by atoms with Gasteiger partial charge in [0, 0.05) is 17.5 Å². The Labute approximate surface area is 148 Å². The molecule has 0 saturated carbocycles. The molecule has 4 nitrogen and oxygen atoms in total. The van der Waals surface area contributed by atoms with Gasteiger partial charge in [-0.25, -0.2) is 0 Å². The first-order valence-corrected chi connectivity index (χ1v) is 8.15. The van der Waals surface area contributed by atoms with Gasteiger partial charge in [0.05, 0.1) is 15.7 Å². The average molecular weight is 361 g/mol. The van der Waals surface area contributed by atoms with Gasteiger partial charge in [0.25, 0.3) is 5.56 Å². The minimum atomic E-state index is -0.230. The van der Waals surface area contributed by atoms with Gasteiger partial charge in [-0.3, -0.25) is 9.59 Å². The van der Waals surface area contributed by atoms with Crippen molar-refractivity contribution in [2.45, 2.75) is 12.8 Å². The van der Waals surface area contributed by atoms with E-state index in [-0.39, 0.29) is 17.9 Å². The number of aryl methyl sites for hydroxylation is 1. The summed E-state index contributed by atoms with van der Waals surface area (Å²) in [5, 5.41) is 4.32. The number of nitrogens with one attached hydrogen (secondary N) is 2. The topological polar surface area (TPSA) is 62.0 Å². The number of halogens is 2. The molecule has 1 amide bonds. The molecule has 0 saturated heterocycles. The molecule has 0 atom stereocenters. The summed E-state index contributed by atoms with van der Waals surface area (Å²) in [6, 6.07) is 14.4. The van der Waals surface area contributed by atoms with Crippen LogP contribution in [0.4, 0.5) is 5.69 Å². The first-order chi connectivity index (χ1) is 11.5. The summed E-state index contributed by atoms with van der Waals surface area (Å²) in [5.41, 5.74) is 1.63. The monoisotopic (exact) mass is 360 g/mol. The molecular formula is C18H14Cl2N2O2. The van der Waals surface area contributed by atoms with Crippen LogP contribution in [0.25, 0.3) is 10.9 Å². The highest BCUT2D eigenvalue weighted by Crippen LogP contribution is 2.29. The maximum Gasteiger partial charge on any atom is 0.251 e. The molecular weight excluding hydrogens is 347 g/mol. The first kappa shape index (κ1) is 16.6. The third-order valence-corrected chi connectivity index (χ3v) is 4.50. The zero-order valence-electron chi connectivity index (χ0n) is 12.6. The highest BCUT2D eigenvalue weighted by atomic mass is 35.5. The second kappa shape index (κ2) is 7.07. The largest absolute Gasteiger partial charge is 0.325 e. The lowest BCUT2D eigenvalue weighted by atomic mass is 10.1. The Morgan fingerprint density at radius 3 is 2.71 bits per heavy atom. The van der Waals surface area contributed by atoms with Gasteiger partial charge in [-0.15, -0.1) is 0 Å². The molecule has 2 aromatic carbocycles. The van der Waals surface area contributed by atoms with Crippen LogP contribution in [0.3, 0.4) is 0 Å². The number of aromatic amines is 1. The molecule has 0 aliphatic heterocycles. The summed E-state index contributed by atoms with van der Waals surface area (Å²) in [6.45, 7) is 0. The number of aromatic nitrogens is 1. The van der Waals surface area contributed by atoms with E-state index in [1.54, 1.807) is 18.2 Å². The van der Waals surface area contributed by atoms with Crippen molar-refractivity contribution in [3.8, 4) is 0 Å². The maximum absolute atomic E-state index is 12.1. The quantitative estimate of drug-likeness (QED) is 0.723. The molecule has 0 aliphatic carbocycles. The summed E-state index contributed by atoms with van der Waals surface area (Å²) in [5.74, 6) is -0.230.